The molecule has 0 saturated carbocycles. The van der Waals surface area contributed by atoms with E-state index in [9.17, 15) is 13.2 Å². The van der Waals surface area contributed by atoms with Gasteiger partial charge in [0.05, 0.1) is 13.0 Å². The van der Waals surface area contributed by atoms with Crippen molar-refractivity contribution < 1.29 is 17.6 Å². The highest BCUT2D eigenvalue weighted by Gasteiger charge is 2.26. The standard InChI is InChI=1S/C10H17F3N4O/c1-7(2)5-14-6-8-16-17-9(18-8)15-4-3-10(11,12)13/h7,14H,3-6H2,1-2H3,(H,15,17). The van der Waals surface area contributed by atoms with Gasteiger partial charge in [-0.05, 0) is 12.5 Å². The fourth-order valence-electron chi connectivity index (χ4n) is 1.18. The molecule has 104 valence electrons. The maximum absolute atomic E-state index is 11.9. The van der Waals surface area contributed by atoms with Gasteiger partial charge in [-0.25, -0.2) is 0 Å². The van der Waals surface area contributed by atoms with E-state index in [1.807, 2.05) is 0 Å². The van der Waals surface area contributed by atoms with Crippen LogP contribution in [0.25, 0.3) is 0 Å². The Bertz CT molecular complexity index is 351. The van der Waals surface area contributed by atoms with Gasteiger partial charge in [0.1, 0.15) is 0 Å². The maximum atomic E-state index is 11.9. The zero-order valence-corrected chi connectivity index (χ0v) is 10.3. The van der Waals surface area contributed by atoms with Crippen LogP contribution in [-0.2, 0) is 6.54 Å². The molecule has 1 rings (SSSR count). The minimum atomic E-state index is -4.19. The van der Waals surface area contributed by atoms with Gasteiger partial charge in [0.15, 0.2) is 0 Å². The second-order valence-corrected chi connectivity index (χ2v) is 4.32. The Hall–Kier alpha value is -1.31. The molecule has 8 heteroatoms. The van der Waals surface area contributed by atoms with Gasteiger partial charge in [-0.1, -0.05) is 18.9 Å². The molecule has 0 aliphatic rings. The van der Waals surface area contributed by atoms with E-state index in [-0.39, 0.29) is 12.6 Å². The number of nitrogens with zero attached hydrogens (tertiary/aromatic N) is 2. The zero-order chi connectivity index (χ0) is 13.6. The minimum absolute atomic E-state index is 0.0144. The summed E-state index contributed by atoms with van der Waals surface area (Å²) < 4.78 is 40.8. The number of anilines is 1. The van der Waals surface area contributed by atoms with Crippen LogP contribution in [0.4, 0.5) is 19.2 Å². The number of aromatic nitrogens is 2. The van der Waals surface area contributed by atoms with Gasteiger partial charge >= 0.3 is 12.2 Å². The first-order valence-corrected chi connectivity index (χ1v) is 5.70. The van der Waals surface area contributed by atoms with Crippen LogP contribution < -0.4 is 10.6 Å². The van der Waals surface area contributed by atoms with Crippen molar-refractivity contribution in [2.45, 2.75) is 33.0 Å². The fraction of sp³-hybridized carbons (Fsp3) is 0.800. The van der Waals surface area contributed by atoms with Gasteiger partial charge in [-0.15, -0.1) is 5.10 Å². The first-order chi connectivity index (χ1) is 8.37. The molecule has 0 aromatic carbocycles. The summed E-state index contributed by atoms with van der Waals surface area (Å²) in [6.07, 6.45) is -5.12. The van der Waals surface area contributed by atoms with E-state index in [1.165, 1.54) is 0 Å². The molecule has 18 heavy (non-hydrogen) atoms. The minimum Gasteiger partial charge on any atom is -0.407 e. The van der Waals surface area contributed by atoms with E-state index < -0.39 is 12.6 Å². The summed E-state index contributed by atoms with van der Waals surface area (Å²) in [5.41, 5.74) is 0. The Labute approximate surface area is 103 Å². The van der Waals surface area contributed by atoms with E-state index in [0.717, 1.165) is 6.54 Å². The van der Waals surface area contributed by atoms with Gasteiger partial charge in [-0.3, -0.25) is 0 Å². The van der Waals surface area contributed by atoms with E-state index >= 15 is 0 Å². The van der Waals surface area contributed by atoms with E-state index in [4.69, 9.17) is 4.42 Å². The lowest BCUT2D eigenvalue weighted by atomic mass is 10.2. The van der Waals surface area contributed by atoms with Crippen LogP contribution in [0.2, 0.25) is 0 Å². The summed E-state index contributed by atoms with van der Waals surface area (Å²) in [6, 6.07) is 0.0144. The SMILES string of the molecule is CC(C)CNCc1nnc(NCCC(F)(F)F)o1. The monoisotopic (exact) mass is 266 g/mol. The van der Waals surface area contributed by atoms with Crippen LogP contribution in [0.3, 0.4) is 0 Å². The largest absolute Gasteiger partial charge is 0.407 e. The third-order valence-corrected chi connectivity index (χ3v) is 1.98. The molecule has 0 aliphatic carbocycles. The van der Waals surface area contributed by atoms with Crippen molar-refractivity contribution in [2.24, 2.45) is 5.92 Å². The molecular weight excluding hydrogens is 249 g/mol. The number of hydrogen-bond acceptors (Lipinski definition) is 5. The van der Waals surface area contributed by atoms with Crippen LogP contribution in [0.5, 0.6) is 0 Å². The van der Waals surface area contributed by atoms with Crippen molar-refractivity contribution in [3.05, 3.63) is 5.89 Å². The van der Waals surface area contributed by atoms with Crippen molar-refractivity contribution >= 4 is 6.01 Å². The Kier molecular flexibility index (Phi) is 5.39. The Morgan fingerprint density at radius 3 is 2.61 bits per heavy atom. The maximum Gasteiger partial charge on any atom is 0.390 e. The quantitative estimate of drug-likeness (QED) is 0.792. The molecule has 0 spiro atoms. The molecule has 2 N–H and O–H groups in total. The number of rotatable bonds is 7. The summed E-state index contributed by atoms with van der Waals surface area (Å²) >= 11 is 0. The summed E-state index contributed by atoms with van der Waals surface area (Å²) in [5.74, 6) is 0.850. The van der Waals surface area contributed by atoms with Crippen molar-refractivity contribution in [3.8, 4) is 0 Å². The summed E-state index contributed by atoms with van der Waals surface area (Å²) in [6.45, 7) is 5.06. The lowest BCUT2D eigenvalue weighted by molar-refractivity contribution is -0.131. The van der Waals surface area contributed by atoms with E-state index in [1.54, 1.807) is 0 Å². The fourth-order valence-corrected chi connectivity index (χ4v) is 1.18. The van der Waals surface area contributed by atoms with Crippen molar-refractivity contribution in [3.63, 3.8) is 0 Å². The van der Waals surface area contributed by atoms with Crippen LogP contribution in [0.15, 0.2) is 4.42 Å². The smallest absolute Gasteiger partial charge is 0.390 e. The molecule has 1 aromatic heterocycles. The molecule has 1 heterocycles. The molecule has 0 amide bonds. The molecule has 0 fully saturated rings. The molecule has 0 bridgehead atoms. The van der Waals surface area contributed by atoms with Gasteiger partial charge in [0.2, 0.25) is 5.89 Å². The van der Waals surface area contributed by atoms with Crippen molar-refractivity contribution in [1.82, 2.24) is 15.5 Å². The van der Waals surface area contributed by atoms with Crippen LogP contribution in [-0.4, -0.2) is 29.5 Å². The van der Waals surface area contributed by atoms with Crippen LogP contribution in [0, 0.1) is 5.92 Å². The topological polar surface area (TPSA) is 63.0 Å². The highest BCUT2D eigenvalue weighted by Crippen LogP contribution is 2.19. The first kappa shape index (κ1) is 14.7. The summed E-state index contributed by atoms with van der Waals surface area (Å²) in [7, 11) is 0. The third kappa shape index (κ3) is 6.43. The Morgan fingerprint density at radius 1 is 1.28 bits per heavy atom. The van der Waals surface area contributed by atoms with Crippen LogP contribution in [0.1, 0.15) is 26.2 Å². The summed E-state index contributed by atoms with van der Waals surface area (Å²) in [4.78, 5) is 0. The van der Waals surface area contributed by atoms with Gasteiger partial charge in [0, 0.05) is 6.54 Å². The van der Waals surface area contributed by atoms with E-state index in [2.05, 4.69) is 34.7 Å². The molecule has 5 nitrogen and oxygen atoms in total. The number of nitrogens with one attached hydrogen (secondary N) is 2. The molecule has 0 aliphatic heterocycles. The predicted molar refractivity (Wildman–Crippen MR) is 60.0 cm³/mol. The summed E-state index contributed by atoms with van der Waals surface area (Å²) in [5, 5.41) is 12.8. The second-order valence-electron chi connectivity index (χ2n) is 4.32. The molecule has 0 unspecified atom stereocenters. The van der Waals surface area contributed by atoms with Gasteiger partial charge in [-0.2, -0.15) is 13.2 Å². The number of halogens is 3. The molecule has 0 saturated heterocycles. The second kappa shape index (κ2) is 6.58. The van der Waals surface area contributed by atoms with E-state index in [0.29, 0.717) is 18.4 Å². The normalized spacial score (nSPS) is 12.1. The van der Waals surface area contributed by atoms with Gasteiger partial charge in [0.25, 0.3) is 0 Å². The molecule has 1 aromatic rings. The Balaban J connectivity index is 2.26. The number of alkyl halides is 3. The van der Waals surface area contributed by atoms with Crippen LogP contribution >= 0.6 is 0 Å². The van der Waals surface area contributed by atoms with Crippen molar-refractivity contribution in [1.29, 1.82) is 0 Å². The lowest BCUT2D eigenvalue weighted by Crippen LogP contribution is -2.19. The third-order valence-electron chi connectivity index (χ3n) is 1.98. The molecule has 0 atom stereocenters. The van der Waals surface area contributed by atoms with Crippen molar-refractivity contribution in [2.75, 3.05) is 18.4 Å². The highest BCUT2D eigenvalue weighted by atomic mass is 19.4. The average molecular weight is 266 g/mol. The molecular formula is C10H17F3N4O. The molecule has 0 radical (unpaired) electrons. The predicted octanol–water partition coefficient (Wildman–Crippen LogP) is 2.18. The lowest BCUT2D eigenvalue weighted by Gasteiger charge is -2.05. The zero-order valence-electron chi connectivity index (χ0n) is 10.3. The Morgan fingerprint density at radius 2 is 2.00 bits per heavy atom. The first-order valence-electron chi connectivity index (χ1n) is 5.70. The number of hydrogen-bond donors (Lipinski definition) is 2. The van der Waals surface area contributed by atoms with Gasteiger partial charge < -0.3 is 15.1 Å². The average Bonchev–Trinajstić information content (AvgIpc) is 2.63. The highest BCUT2D eigenvalue weighted by molar-refractivity contribution is 5.16.